The molecule has 1 aliphatic heterocycles. The molecule has 1 heterocycles. The third-order valence-corrected chi connectivity index (χ3v) is 1.70. The molecule has 4 nitrogen and oxygen atoms in total. The first-order valence-corrected chi connectivity index (χ1v) is 3.70. The highest BCUT2D eigenvalue weighted by Gasteiger charge is 2.22. The van der Waals surface area contributed by atoms with Gasteiger partial charge in [-0.2, -0.15) is 0 Å². The summed E-state index contributed by atoms with van der Waals surface area (Å²) in [6.45, 7) is 3.49. The second kappa shape index (κ2) is 3.59. The van der Waals surface area contributed by atoms with Crippen LogP contribution in [0.5, 0.6) is 0 Å². The molecular weight excluding hydrogens is 144 g/mol. The number of Topliss-reactive ketones (excluding diaryl/α,β-unsaturated/α-hetero) is 2. The molecule has 2 N–H and O–H groups in total. The second-order valence-electron chi connectivity index (χ2n) is 2.63. The van der Waals surface area contributed by atoms with E-state index in [9.17, 15) is 9.59 Å². The lowest BCUT2D eigenvalue weighted by Gasteiger charge is -2.21. The first-order valence-electron chi connectivity index (χ1n) is 3.70. The molecule has 1 saturated heterocycles. The Bertz CT molecular complexity index is 173. The Morgan fingerprint density at radius 3 is 2.55 bits per heavy atom. The summed E-state index contributed by atoms with van der Waals surface area (Å²) in [5.41, 5.74) is 0. The van der Waals surface area contributed by atoms with E-state index >= 15 is 0 Å². The van der Waals surface area contributed by atoms with Gasteiger partial charge in [-0.3, -0.25) is 9.59 Å². The zero-order valence-electron chi connectivity index (χ0n) is 6.52. The Kier molecular flexibility index (Phi) is 2.73. The van der Waals surface area contributed by atoms with Crippen molar-refractivity contribution in [3.63, 3.8) is 0 Å². The van der Waals surface area contributed by atoms with Crippen LogP contribution in [0, 0.1) is 0 Å². The Hall–Kier alpha value is -0.740. The summed E-state index contributed by atoms with van der Waals surface area (Å²) in [6, 6.07) is -0.304. The third kappa shape index (κ3) is 2.10. The van der Waals surface area contributed by atoms with Gasteiger partial charge in [-0.05, 0) is 0 Å². The Balaban J connectivity index is 2.45. The molecule has 0 spiro atoms. The number of piperazine rings is 1. The van der Waals surface area contributed by atoms with Crippen LogP contribution in [0.4, 0.5) is 0 Å². The van der Waals surface area contributed by atoms with Gasteiger partial charge in [0.1, 0.15) is 0 Å². The molecule has 0 bridgehead atoms. The Morgan fingerprint density at radius 1 is 1.36 bits per heavy atom. The average Bonchev–Trinajstić information content (AvgIpc) is 2.05. The number of hydrogen-bond donors (Lipinski definition) is 2. The van der Waals surface area contributed by atoms with E-state index in [2.05, 4.69) is 10.6 Å². The molecule has 0 saturated carbocycles. The maximum absolute atomic E-state index is 11.0. The zero-order chi connectivity index (χ0) is 8.27. The molecule has 62 valence electrons. The molecule has 1 rings (SSSR count). The van der Waals surface area contributed by atoms with Gasteiger partial charge < -0.3 is 10.6 Å². The molecule has 4 heteroatoms. The molecule has 0 aromatic carbocycles. The minimum absolute atomic E-state index is 0.304. The van der Waals surface area contributed by atoms with E-state index in [1.54, 1.807) is 0 Å². The molecule has 0 aliphatic carbocycles. The van der Waals surface area contributed by atoms with Crippen molar-refractivity contribution in [3.05, 3.63) is 0 Å². The summed E-state index contributed by atoms with van der Waals surface area (Å²) in [6.07, 6.45) is 0. The topological polar surface area (TPSA) is 58.2 Å². The lowest BCUT2D eigenvalue weighted by molar-refractivity contribution is -0.136. The Labute approximate surface area is 65.3 Å². The summed E-state index contributed by atoms with van der Waals surface area (Å²) < 4.78 is 0. The predicted octanol–water partition coefficient (Wildman–Crippen LogP) is -1.29. The predicted molar refractivity (Wildman–Crippen MR) is 40.3 cm³/mol. The van der Waals surface area contributed by atoms with Gasteiger partial charge in [-0.1, -0.05) is 0 Å². The van der Waals surface area contributed by atoms with Crippen molar-refractivity contribution >= 4 is 11.6 Å². The maximum Gasteiger partial charge on any atom is 0.216 e. The van der Waals surface area contributed by atoms with Crippen molar-refractivity contribution in [1.29, 1.82) is 0 Å². The van der Waals surface area contributed by atoms with Crippen molar-refractivity contribution in [1.82, 2.24) is 10.6 Å². The van der Waals surface area contributed by atoms with Crippen LogP contribution in [0.3, 0.4) is 0 Å². The van der Waals surface area contributed by atoms with E-state index in [0.29, 0.717) is 6.54 Å². The van der Waals surface area contributed by atoms with Crippen LogP contribution in [0.25, 0.3) is 0 Å². The van der Waals surface area contributed by atoms with Crippen LogP contribution in [0.15, 0.2) is 0 Å². The van der Waals surface area contributed by atoms with Gasteiger partial charge >= 0.3 is 0 Å². The number of carbonyl (C=O) groups is 2. The van der Waals surface area contributed by atoms with Crippen LogP contribution >= 0.6 is 0 Å². The van der Waals surface area contributed by atoms with Crippen molar-refractivity contribution in [2.24, 2.45) is 0 Å². The van der Waals surface area contributed by atoms with Crippen LogP contribution in [-0.4, -0.2) is 37.2 Å². The van der Waals surface area contributed by atoms with Gasteiger partial charge in [0.2, 0.25) is 5.78 Å². The van der Waals surface area contributed by atoms with Crippen molar-refractivity contribution in [2.45, 2.75) is 13.0 Å². The number of carbonyl (C=O) groups excluding carboxylic acids is 2. The lowest BCUT2D eigenvalue weighted by Crippen LogP contribution is -2.53. The van der Waals surface area contributed by atoms with Crippen molar-refractivity contribution in [2.75, 3.05) is 19.6 Å². The molecule has 11 heavy (non-hydrogen) atoms. The standard InChI is InChI=1S/C7H12N2O2/c1-5(10)7(11)6-4-8-2-3-9-6/h6,8-9H,2-4H2,1H3. The molecule has 0 radical (unpaired) electrons. The quantitative estimate of drug-likeness (QED) is 0.488. The van der Waals surface area contributed by atoms with Gasteiger partial charge in [-0.25, -0.2) is 0 Å². The summed E-state index contributed by atoms with van der Waals surface area (Å²) in [5.74, 6) is -0.691. The second-order valence-corrected chi connectivity index (χ2v) is 2.63. The maximum atomic E-state index is 11.0. The number of hydrogen-bond acceptors (Lipinski definition) is 4. The van der Waals surface area contributed by atoms with Crippen molar-refractivity contribution < 1.29 is 9.59 Å². The first kappa shape index (κ1) is 8.36. The fourth-order valence-electron chi connectivity index (χ4n) is 1.08. The molecule has 1 unspecified atom stereocenters. The van der Waals surface area contributed by atoms with E-state index in [1.165, 1.54) is 6.92 Å². The fourth-order valence-corrected chi connectivity index (χ4v) is 1.08. The highest BCUT2D eigenvalue weighted by Crippen LogP contribution is 1.90. The van der Waals surface area contributed by atoms with E-state index in [1.807, 2.05) is 0 Å². The smallest absolute Gasteiger partial charge is 0.216 e. The third-order valence-electron chi connectivity index (χ3n) is 1.70. The zero-order valence-corrected chi connectivity index (χ0v) is 6.52. The van der Waals surface area contributed by atoms with E-state index < -0.39 is 0 Å². The highest BCUT2D eigenvalue weighted by atomic mass is 16.2. The minimum Gasteiger partial charge on any atom is -0.313 e. The molecular formula is C7H12N2O2. The largest absolute Gasteiger partial charge is 0.313 e. The average molecular weight is 156 g/mol. The van der Waals surface area contributed by atoms with Crippen LogP contribution in [0.2, 0.25) is 0 Å². The van der Waals surface area contributed by atoms with Gasteiger partial charge in [0.05, 0.1) is 6.04 Å². The summed E-state index contributed by atoms with van der Waals surface area (Å²) in [4.78, 5) is 21.7. The summed E-state index contributed by atoms with van der Waals surface area (Å²) >= 11 is 0. The van der Waals surface area contributed by atoms with Crippen LogP contribution in [-0.2, 0) is 9.59 Å². The van der Waals surface area contributed by atoms with Gasteiger partial charge in [-0.15, -0.1) is 0 Å². The fraction of sp³-hybridized carbons (Fsp3) is 0.714. The minimum atomic E-state index is -0.369. The number of nitrogens with one attached hydrogen (secondary N) is 2. The van der Waals surface area contributed by atoms with Crippen LogP contribution in [0.1, 0.15) is 6.92 Å². The molecule has 1 atom stereocenters. The normalized spacial score (nSPS) is 24.6. The van der Waals surface area contributed by atoms with Crippen molar-refractivity contribution in [3.8, 4) is 0 Å². The molecule has 0 aromatic heterocycles. The Morgan fingerprint density at radius 2 is 2.09 bits per heavy atom. The molecule has 1 aliphatic rings. The van der Waals surface area contributed by atoms with Gasteiger partial charge in [0, 0.05) is 26.6 Å². The molecule has 0 amide bonds. The summed E-state index contributed by atoms with van der Waals surface area (Å²) in [5, 5.41) is 6.00. The first-order chi connectivity index (χ1) is 5.22. The number of rotatable bonds is 2. The monoisotopic (exact) mass is 156 g/mol. The van der Waals surface area contributed by atoms with E-state index in [4.69, 9.17) is 0 Å². The highest BCUT2D eigenvalue weighted by molar-refractivity contribution is 6.38. The van der Waals surface area contributed by atoms with E-state index in [-0.39, 0.29) is 17.6 Å². The molecule has 0 aromatic rings. The number of ketones is 2. The van der Waals surface area contributed by atoms with Gasteiger partial charge in [0.25, 0.3) is 0 Å². The van der Waals surface area contributed by atoms with Gasteiger partial charge in [0.15, 0.2) is 5.78 Å². The molecule has 1 fully saturated rings. The SMILES string of the molecule is CC(=O)C(=O)C1CNCCN1. The lowest BCUT2D eigenvalue weighted by atomic mass is 10.1. The van der Waals surface area contributed by atoms with E-state index in [0.717, 1.165) is 13.1 Å². The summed E-state index contributed by atoms with van der Waals surface area (Å²) in [7, 11) is 0. The van der Waals surface area contributed by atoms with Crippen LogP contribution < -0.4 is 10.6 Å².